The molecule has 0 saturated carbocycles. The van der Waals surface area contributed by atoms with Gasteiger partial charge in [0.25, 0.3) is 0 Å². The molecule has 1 N–H and O–H groups in total. The van der Waals surface area contributed by atoms with Crippen LogP contribution in [0.5, 0.6) is 11.5 Å². The molecule has 3 heterocycles. The van der Waals surface area contributed by atoms with E-state index in [1.54, 1.807) is 48.8 Å². The first-order valence-electron chi connectivity index (χ1n) is 9.48. The highest BCUT2D eigenvalue weighted by atomic mass is 16.5. The zero-order valence-electron chi connectivity index (χ0n) is 16.5. The van der Waals surface area contributed by atoms with Crippen molar-refractivity contribution in [2.75, 3.05) is 19.0 Å². The lowest BCUT2D eigenvalue weighted by Gasteiger charge is -2.09. The number of aromatic nitrogens is 4. The van der Waals surface area contributed by atoms with E-state index in [0.717, 1.165) is 16.5 Å². The molecule has 1 amide bonds. The molecule has 0 atom stereocenters. The van der Waals surface area contributed by atoms with Crippen LogP contribution in [0.25, 0.3) is 10.9 Å². The molecule has 0 saturated heterocycles. The van der Waals surface area contributed by atoms with Gasteiger partial charge in [-0.2, -0.15) is 5.10 Å². The number of amides is 1. The van der Waals surface area contributed by atoms with Gasteiger partial charge in [-0.1, -0.05) is 12.1 Å². The van der Waals surface area contributed by atoms with Crippen molar-refractivity contribution in [1.29, 1.82) is 0 Å². The van der Waals surface area contributed by atoms with Crippen LogP contribution in [-0.2, 0) is 22.5 Å². The van der Waals surface area contributed by atoms with Gasteiger partial charge in [0.05, 0.1) is 42.4 Å². The number of ether oxygens (including phenoxy) is 2. The number of methoxy groups -OCH3 is 1. The largest absolute Gasteiger partial charge is 0.457 e. The number of anilines is 1. The molecule has 152 valence electrons. The van der Waals surface area contributed by atoms with E-state index < -0.39 is 0 Å². The number of hydrogen-bond donors (Lipinski definition) is 1. The van der Waals surface area contributed by atoms with Gasteiger partial charge in [0.2, 0.25) is 5.91 Å². The summed E-state index contributed by atoms with van der Waals surface area (Å²) in [6.07, 6.45) is 8.79. The molecule has 8 heteroatoms. The van der Waals surface area contributed by atoms with Crippen molar-refractivity contribution in [3.8, 4) is 11.5 Å². The Morgan fingerprint density at radius 3 is 2.80 bits per heavy atom. The molecule has 0 fully saturated rings. The average molecular weight is 403 g/mol. The summed E-state index contributed by atoms with van der Waals surface area (Å²) >= 11 is 0. The van der Waals surface area contributed by atoms with Gasteiger partial charge in [0.15, 0.2) is 0 Å². The van der Waals surface area contributed by atoms with Gasteiger partial charge in [-0.25, -0.2) is 0 Å². The number of carbonyl (C=O) groups excluding carboxylic acids is 1. The Kier molecular flexibility index (Phi) is 5.95. The summed E-state index contributed by atoms with van der Waals surface area (Å²) < 4.78 is 12.7. The second kappa shape index (κ2) is 9.15. The van der Waals surface area contributed by atoms with Gasteiger partial charge in [-0.15, -0.1) is 0 Å². The predicted molar refractivity (Wildman–Crippen MR) is 112 cm³/mol. The zero-order valence-corrected chi connectivity index (χ0v) is 16.5. The van der Waals surface area contributed by atoms with Crippen LogP contribution in [0, 0.1) is 0 Å². The second-order valence-corrected chi connectivity index (χ2v) is 6.66. The maximum atomic E-state index is 12.3. The number of nitrogens with zero attached hydrogens (tertiary/aromatic N) is 4. The van der Waals surface area contributed by atoms with Crippen molar-refractivity contribution in [3.63, 3.8) is 0 Å². The molecule has 0 spiro atoms. The van der Waals surface area contributed by atoms with Crippen LogP contribution in [0.15, 0.2) is 67.4 Å². The summed E-state index contributed by atoms with van der Waals surface area (Å²) in [7, 11) is 1.64. The smallest absolute Gasteiger partial charge is 0.228 e. The Balaban J connectivity index is 1.36. The van der Waals surface area contributed by atoms with Crippen LogP contribution < -0.4 is 10.1 Å². The third kappa shape index (κ3) is 4.79. The first-order chi connectivity index (χ1) is 14.7. The Hall–Kier alpha value is -3.78. The Morgan fingerprint density at radius 1 is 1.10 bits per heavy atom. The summed E-state index contributed by atoms with van der Waals surface area (Å²) in [6, 6.07) is 11.1. The molecule has 4 aromatic rings. The van der Waals surface area contributed by atoms with Crippen molar-refractivity contribution >= 4 is 22.5 Å². The van der Waals surface area contributed by atoms with E-state index in [4.69, 9.17) is 9.47 Å². The Labute approximate surface area is 173 Å². The second-order valence-electron chi connectivity index (χ2n) is 6.66. The summed E-state index contributed by atoms with van der Waals surface area (Å²) in [5.74, 6) is 1.25. The van der Waals surface area contributed by atoms with Gasteiger partial charge in [0.1, 0.15) is 11.5 Å². The highest BCUT2D eigenvalue weighted by molar-refractivity contribution is 5.92. The third-order valence-electron chi connectivity index (χ3n) is 4.46. The minimum Gasteiger partial charge on any atom is -0.457 e. The number of hydrogen-bond acceptors (Lipinski definition) is 6. The van der Waals surface area contributed by atoms with Gasteiger partial charge in [0, 0.05) is 31.9 Å². The fraction of sp³-hybridized carbons (Fsp3) is 0.182. The molecule has 4 rings (SSSR count). The topological polar surface area (TPSA) is 91.2 Å². The normalized spacial score (nSPS) is 10.8. The van der Waals surface area contributed by atoms with E-state index in [0.29, 0.717) is 30.3 Å². The molecule has 0 aliphatic heterocycles. The number of rotatable bonds is 8. The molecule has 8 nitrogen and oxygen atoms in total. The van der Waals surface area contributed by atoms with Crippen molar-refractivity contribution in [1.82, 2.24) is 19.7 Å². The van der Waals surface area contributed by atoms with Crippen LogP contribution in [0.1, 0.15) is 5.56 Å². The van der Waals surface area contributed by atoms with E-state index >= 15 is 0 Å². The average Bonchev–Trinajstić information content (AvgIpc) is 3.21. The zero-order chi connectivity index (χ0) is 20.8. The van der Waals surface area contributed by atoms with Crippen LogP contribution in [0.2, 0.25) is 0 Å². The summed E-state index contributed by atoms with van der Waals surface area (Å²) in [4.78, 5) is 20.7. The number of nitrogens with one attached hydrogen (secondary N) is 1. The van der Waals surface area contributed by atoms with E-state index in [1.807, 2.05) is 30.3 Å². The first kappa shape index (κ1) is 19.5. The minimum absolute atomic E-state index is 0.110. The van der Waals surface area contributed by atoms with Crippen molar-refractivity contribution < 1.29 is 14.3 Å². The molecule has 0 aliphatic rings. The standard InChI is InChI=1S/C22H21N5O3/c1-29-11-10-27-15-17(13-25-27)26-22(28)12-16-2-4-18(5-3-16)30-21-7-9-24-20-6-8-23-14-19(20)21/h2-9,13-15H,10-12H2,1H3,(H,26,28). The monoisotopic (exact) mass is 403 g/mol. The third-order valence-corrected chi connectivity index (χ3v) is 4.46. The van der Waals surface area contributed by atoms with Gasteiger partial charge >= 0.3 is 0 Å². The first-order valence-corrected chi connectivity index (χ1v) is 9.48. The van der Waals surface area contributed by atoms with E-state index in [1.165, 1.54) is 0 Å². The number of benzene rings is 1. The van der Waals surface area contributed by atoms with E-state index in [-0.39, 0.29) is 12.3 Å². The van der Waals surface area contributed by atoms with E-state index in [9.17, 15) is 4.79 Å². The molecule has 0 bridgehead atoms. The minimum atomic E-state index is -0.110. The van der Waals surface area contributed by atoms with Crippen molar-refractivity contribution in [2.45, 2.75) is 13.0 Å². The maximum Gasteiger partial charge on any atom is 0.228 e. The number of fused-ring (bicyclic) bond motifs is 1. The van der Waals surface area contributed by atoms with Crippen LogP contribution in [0.4, 0.5) is 5.69 Å². The molecule has 30 heavy (non-hydrogen) atoms. The van der Waals surface area contributed by atoms with Crippen LogP contribution in [0.3, 0.4) is 0 Å². The van der Waals surface area contributed by atoms with Crippen molar-refractivity contribution in [2.24, 2.45) is 0 Å². The lowest BCUT2D eigenvalue weighted by Crippen LogP contribution is -2.14. The summed E-state index contributed by atoms with van der Waals surface area (Å²) in [6.45, 7) is 1.20. The maximum absolute atomic E-state index is 12.3. The predicted octanol–water partition coefficient (Wildman–Crippen LogP) is 3.45. The van der Waals surface area contributed by atoms with Crippen LogP contribution >= 0.6 is 0 Å². The molecule has 0 radical (unpaired) electrons. The summed E-state index contributed by atoms with van der Waals surface area (Å²) in [5.41, 5.74) is 2.36. The SMILES string of the molecule is COCCn1cc(NC(=O)Cc2ccc(Oc3ccnc4ccncc34)cc2)cn1. The quantitative estimate of drug-likeness (QED) is 0.485. The molecular formula is C22H21N5O3. The highest BCUT2D eigenvalue weighted by Gasteiger charge is 2.08. The number of pyridine rings is 2. The number of carbonyl (C=O) groups is 1. The molecule has 0 unspecified atom stereocenters. The van der Waals surface area contributed by atoms with Crippen molar-refractivity contribution in [3.05, 3.63) is 72.9 Å². The Morgan fingerprint density at radius 2 is 1.97 bits per heavy atom. The molecule has 3 aromatic heterocycles. The van der Waals surface area contributed by atoms with Gasteiger partial charge < -0.3 is 14.8 Å². The van der Waals surface area contributed by atoms with Gasteiger partial charge in [-0.3, -0.25) is 19.4 Å². The van der Waals surface area contributed by atoms with Crippen LogP contribution in [-0.4, -0.2) is 39.4 Å². The molecule has 1 aromatic carbocycles. The highest BCUT2D eigenvalue weighted by Crippen LogP contribution is 2.28. The fourth-order valence-corrected chi connectivity index (χ4v) is 2.98. The van der Waals surface area contributed by atoms with Gasteiger partial charge in [-0.05, 0) is 29.8 Å². The molecule has 0 aliphatic carbocycles. The lowest BCUT2D eigenvalue weighted by atomic mass is 10.1. The summed E-state index contributed by atoms with van der Waals surface area (Å²) in [5, 5.41) is 7.88. The van der Waals surface area contributed by atoms with E-state index in [2.05, 4.69) is 20.4 Å². The Bertz CT molecular complexity index is 1140. The molecular weight excluding hydrogens is 382 g/mol. The lowest BCUT2D eigenvalue weighted by molar-refractivity contribution is -0.115. The fourth-order valence-electron chi connectivity index (χ4n) is 2.98.